The van der Waals surface area contributed by atoms with E-state index in [0.717, 1.165) is 29.9 Å². The van der Waals surface area contributed by atoms with Crippen molar-refractivity contribution in [2.24, 2.45) is 0 Å². The van der Waals surface area contributed by atoms with Crippen LogP contribution in [0.4, 0.5) is 11.5 Å². The van der Waals surface area contributed by atoms with Crippen LogP contribution in [0.5, 0.6) is 0 Å². The van der Waals surface area contributed by atoms with Crippen molar-refractivity contribution in [2.75, 3.05) is 30.4 Å². The molecule has 0 atom stereocenters. The standard InChI is InChI=1S/C21H23N3O3/c1-26-14-17-16-7-3-4-8-18(16)27-20(17)21(25)23-15-9-10-19(22-13-15)24-11-5-2-6-12-24/h3-4,7-10,13H,2,5-6,11-12,14H2,1H3,(H,23,25). The molecule has 6 nitrogen and oxygen atoms in total. The third-order valence-corrected chi connectivity index (χ3v) is 4.88. The van der Waals surface area contributed by atoms with Crippen molar-refractivity contribution in [3.8, 4) is 0 Å². The van der Waals surface area contributed by atoms with Crippen LogP contribution in [-0.4, -0.2) is 31.1 Å². The van der Waals surface area contributed by atoms with Crippen molar-refractivity contribution >= 4 is 28.4 Å². The zero-order valence-electron chi connectivity index (χ0n) is 15.4. The fourth-order valence-corrected chi connectivity index (χ4v) is 3.53. The summed E-state index contributed by atoms with van der Waals surface area (Å²) in [6.45, 7) is 2.39. The van der Waals surface area contributed by atoms with Crippen LogP contribution in [0, 0.1) is 0 Å². The monoisotopic (exact) mass is 365 g/mol. The van der Waals surface area contributed by atoms with Crippen molar-refractivity contribution in [3.63, 3.8) is 0 Å². The van der Waals surface area contributed by atoms with Crippen LogP contribution in [0.25, 0.3) is 11.0 Å². The van der Waals surface area contributed by atoms with Gasteiger partial charge < -0.3 is 19.4 Å². The van der Waals surface area contributed by atoms with Crippen LogP contribution >= 0.6 is 0 Å². The Bertz CT molecular complexity index is 927. The van der Waals surface area contributed by atoms with E-state index in [1.54, 1.807) is 13.3 Å². The molecule has 6 heteroatoms. The molecule has 0 aliphatic carbocycles. The highest BCUT2D eigenvalue weighted by Gasteiger charge is 2.21. The number of carbonyl (C=O) groups is 1. The van der Waals surface area contributed by atoms with Gasteiger partial charge in [-0.2, -0.15) is 0 Å². The molecule has 0 bridgehead atoms. The summed E-state index contributed by atoms with van der Waals surface area (Å²) in [7, 11) is 1.60. The summed E-state index contributed by atoms with van der Waals surface area (Å²) in [5, 5.41) is 3.77. The predicted molar refractivity (Wildman–Crippen MR) is 105 cm³/mol. The van der Waals surface area contributed by atoms with Crippen LogP contribution in [0.3, 0.4) is 0 Å². The minimum absolute atomic E-state index is 0.276. The molecule has 1 fully saturated rings. The largest absolute Gasteiger partial charge is 0.451 e. The highest BCUT2D eigenvalue weighted by atomic mass is 16.5. The number of nitrogens with one attached hydrogen (secondary N) is 1. The van der Waals surface area contributed by atoms with Gasteiger partial charge in [0.15, 0.2) is 5.76 Å². The maximum atomic E-state index is 12.8. The van der Waals surface area contributed by atoms with Crippen LogP contribution in [-0.2, 0) is 11.3 Å². The lowest BCUT2D eigenvalue weighted by Gasteiger charge is -2.27. The van der Waals surface area contributed by atoms with Gasteiger partial charge in [-0.1, -0.05) is 18.2 Å². The number of carbonyl (C=O) groups excluding carboxylic acids is 1. The maximum Gasteiger partial charge on any atom is 0.291 e. The number of ether oxygens (including phenoxy) is 1. The summed E-state index contributed by atoms with van der Waals surface area (Å²) >= 11 is 0. The third-order valence-electron chi connectivity index (χ3n) is 4.88. The van der Waals surface area contributed by atoms with E-state index >= 15 is 0 Å². The van der Waals surface area contributed by atoms with Gasteiger partial charge in [-0.3, -0.25) is 4.79 Å². The lowest BCUT2D eigenvalue weighted by atomic mass is 10.1. The molecule has 2 aromatic heterocycles. The zero-order chi connectivity index (χ0) is 18.6. The molecule has 1 aromatic carbocycles. The van der Waals surface area contributed by atoms with Gasteiger partial charge in [-0.15, -0.1) is 0 Å². The molecule has 0 spiro atoms. The number of hydrogen-bond acceptors (Lipinski definition) is 5. The molecule has 3 aromatic rings. The van der Waals surface area contributed by atoms with E-state index < -0.39 is 0 Å². The lowest BCUT2D eigenvalue weighted by Crippen LogP contribution is -2.30. The Morgan fingerprint density at radius 2 is 2.00 bits per heavy atom. The number of methoxy groups -OCH3 is 1. The molecule has 140 valence electrons. The number of pyridine rings is 1. The third kappa shape index (κ3) is 3.66. The Hall–Kier alpha value is -2.86. The van der Waals surface area contributed by atoms with Crippen molar-refractivity contribution in [3.05, 3.63) is 53.9 Å². The van der Waals surface area contributed by atoms with Gasteiger partial charge in [0.2, 0.25) is 0 Å². The summed E-state index contributed by atoms with van der Waals surface area (Å²) in [4.78, 5) is 19.6. The minimum Gasteiger partial charge on any atom is -0.451 e. The molecular formula is C21H23N3O3. The molecule has 0 saturated carbocycles. The number of benzene rings is 1. The van der Waals surface area contributed by atoms with Gasteiger partial charge in [-0.25, -0.2) is 4.98 Å². The lowest BCUT2D eigenvalue weighted by molar-refractivity contribution is 0.0992. The number of rotatable bonds is 5. The van der Waals surface area contributed by atoms with Crippen molar-refractivity contribution in [2.45, 2.75) is 25.9 Å². The van der Waals surface area contributed by atoms with Gasteiger partial charge in [0, 0.05) is 31.1 Å². The van der Waals surface area contributed by atoms with E-state index in [0.29, 0.717) is 17.9 Å². The normalized spacial score (nSPS) is 14.5. The second-order valence-corrected chi connectivity index (χ2v) is 6.75. The maximum absolute atomic E-state index is 12.8. The second kappa shape index (κ2) is 7.80. The fraction of sp³-hybridized carbons (Fsp3) is 0.333. The van der Waals surface area contributed by atoms with Gasteiger partial charge in [0.05, 0.1) is 18.5 Å². The Morgan fingerprint density at radius 3 is 2.74 bits per heavy atom. The first-order chi connectivity index (χ1) is 13.3. The number of anilines is 2. The van der Waals surface area contributed by atoms with Gasteiger partial charge in [0.25, 0.3) is 5.91 Å². The molecule has 1 amide bonds. The van der Waals surface area contributed by atoms with Crippen molar-refractivity contribution in [1.82, 2.24) is 4.98 Å². The summed E-state index contributed by atoms with van der Waals surface area (Å²) in [6.07, 6.45) is 5.38. The molecule has 0 radical (unpaired) electrons. The molecule has 27 heavy (non-hydrogen) atoms. The first-order valence-corrected chi connectivity index (χ1v) is 9.28. The number of hydrogen-bond donors (Lipinski definition) is 1. The van der Waals surface area contributed by atoms with Gasteiger partial charge in [-0.05, 0) is 37.5 Å². The van der Waals surface area contributed by atoms with E-state index in [9.17, 15) is 4.79 Å². The van der Waals surface area contributed by atoms with Crippen molar-refractivity contribution in [1.29, 1.82) is 0 Å². The molecule has 1 aliphatic rings. The number of nitrogens with zero attached hydrogens (tertiary/aromatic N) is 2. The SMILES string of the molecule is COCc1c(C(=O)Nc2ccc(N3CCCCC3)nc2)oc2ccccc12. The average molecular weight is 365 g/mol. The summed E-state index contributed by atoms with van der Waals surface area (Å²) in [5.74, 6) is 0.931. The topological polar surface area (TPSA) is 67.6 Å². The minimum atomic E-state index is -0.300. The first-order valence-electron chi connectivity index (χ1n) is 9.28. The molecule has 1 aliphatic heterocycles. The van der Waals surface area contributed by atoms with E-state index in [4.69, 9.17) is 9.15 Å². The number of aromatic nitrogens is 1. The quantitative estimate of drug-likeness (QED) is 0.733. The van der Waals surface area contributed by atoms with Crippen LogP contribution < -0.4 is 10.2 Å². The summed E-state index contributed by atoms with van der Waals surface area (Å²) in [5.41, 5.74) is 2.07. The number of para-hydroxylation sites is 1. The van der Waals surface area contributed by atoms with E-state index in [-0.39, 0.29) is 11.7 Å². The molecular weight excluding hydrogens is 342 g/mol. The van der Waals surface area contributed by atoms with E-state index in [1.165, 1.54) is 19.3 Å². The summed E-state index contributed by atoms with van der Waals surface area (Å²) in [6, 6.07) is 11.4. The molecule has 1 saturated heterocycles. The van der Waals surface area contributed by atoms with Crippen LogP contribution in [0.1, 0.15) is 35.4 Å². The fourth-order valence-electron chi connectivity index (χ4n) is 3.53. The number of fused-ring (bicyclic) bond motifs is 1. The van der Waals surface area contributed by atoms with Crippen LogP contribution in [0.2, 0.25) is 0 Å². The first kappa shape index (κ1) is 17.5. The Kier molecular flexibility index (Phi) is 5.07. The average Bonchev–Trinajstić information content (AvgIpc) is 3.08. The van der Waals surface area contributed by atoms with Gasteiger partial charge in [0.1, 0.15) is 11.4 Å². The Morgan fingerprint density at radius 1 is 1.19 bits per heavy atom. The molecule has 3 heterocycles. The van der Waals surface area contributed by atoms with Gasteiger partial charge >= 0.3 is 0 Å². The van der Waals surface area contributed by atoms with Crippen LogP contribution in [0.15, 0.2) is 47.0 Å². The zero-order valence-corrected chi connectivity index (χ0v) is 15.4. The smallest absolute Gasteiger partial charge is 0.291 e. The van der Waals surface area contributed by atoms with E-state index in [2.05, 4.69) is 15.2 Å². The molecule has 1 N–H and O–H groups in total. The number of furan rings is 1. The summed E-state index contributed by atoms with van der Waals surface area (Å²) < 4.78 is 11.0. The predicted octanol–water partition coefficient (Wildman–Crippen LogP) is 4.22. The highest BCUT2D eigenvalue weighted by molar-refractivity contribution is 6.06. The molecule has 4 rings (SSSR count). The van der Waals surface area contributed by atoms with E-state index in [1.807, 2.05) is 36.4 Å². The Labute approximate surface area is 158 Å². The van der Waals surface area contributed by atoms with Crippen molar-refractivity contribution < 1.29 is 13.9 Å². The highest BCUT2D eigenvalue weighted by Crippen LogP contribution is 2.27. The number of amides is 1. The second-order valence-electron chi connectivity index (χ2n) is 6.75. The number of piperidine rings is 1. The Balaban J connectivity index is 1.53. The molecule has 0 unspecified atom stereocenters.